The molecule has 1 fully saturated rings. The van der Waals surface area contributed by atoms with Gasteiger partial charge in [0.05, 0.1) is 5.39 Å². The number of aryl methyl sites for hydroxylation is 1. The lowest BCUT2D eigenvalue weighted by molar-refractivity contribution is 0.376. The Morgan fingerprint density at radius 3 is 2.23 bits per heavy atom. The molecule has 1 aliphatic rings. The first-order valence-corrected chi connectivity index (χ1v) is 10.4. The molecule has 3 aromatic rings. The lowest BCUT2D eigenvalue weighted by Crippen LogP contribution is -2.13. The smallest absolute Gasteiger partial charge is 0.195 e. The quantitative estimate of drug-likeness (QED) is 0.226. The fraction of sp³-hybridized carbons (Fsp3) is 0.308. The molecule has 0 aromatic heterocycles. The van der Waals surface area contributed by atoms with Crippen molar-refractivity contribution in [2.45, 2.75) is 44.9 Å². The first-order chi connectivity index (χ1) is 14.9. The molecule has 0 unspecified atom stereocenters. The lowest BCUT2D eigenvalue weighted by atomic mass is 9.78. The van der Waals surface area contributed by atoms with Crippen molar-refractivity contribution in [2.75, 3.05) is 0 Å². The molecule has 0 amide bonds. The summed E-state index contributed by atoms with van der Waals surface area (Å²) in [5.41, 5.74) is 2.00. The van der Waals surface area contributed by atoms with Crippen molar-refractivity contribution in [3.05, 3.63) is 82.2 Å². The second kappa shape index (κ2) is 8.70. The number of halogens is 5. The Morgan fingerprint density at radius 2 is 1.55 bits per heavy atom. The van der Waals surface area contributed by atoms with Crippen molar-refractivity contribution >= 4 is 10.8 Å². The van der Waals surface area contributed by atoms with Crippen LogP contribution in [0.3, 0.4) is 0 Å². The van der Waals surface area contributed by atoms with Crippen molar-refractivity contribution in [1.82, 2.24) is 0 Å². The largest absolute Gasteiger partial charge is 0.207 e. The molecule has 0 N–H and O–H groups in total. The molecular formula is C26H21F5. The Bertz CT molecular complexity index is 1190. The minimum absolute atomic E-state index is 0.0737. The molecule has 0 nitrogen and oxygen atoms in total. The zero-order valence-corrected chi connectivity index (χ0v) is 17.0. The van der Waals surface area contributed by atoms with E-state index in [0.29, 0.717) is 0 Å². The second-order valence-corrected chi connectivity index (χ2v) is 8.07. The van der Waals surface area contributed by atoms with Crippen LogP contribution in [-0.2, 0) is 6.42 Å². The molecule has 5 heteroatoms. The van der Waals surface area contributed by atoms with Crippen molar-refractivity contribution in [3.63, 3.8) is 0 Å². The van der Waals surface area contributed by atoms with E-state index in [-0.39, 0.29) is 28.6 Å². The van der Waals surface area contributed by atoms with Gasteiger partial charge < -0.3 is 0 Å². The predicted octanol–water partition coefficient (Wildman–Crippen LogP) is 7.42. The van der Waals surface area contributed by atoms with Crippen LogP contribution in [-0.4, -0.2) is 0 Å². The maximum atomic E-state index is 14.4. The van der Waals surface area contributed by atoms with Crippen molar-refractivity contribution < 1.29 is 22.0 Å². The highest BCUT2D eigenvalue weighted by molar-refractivity contribution is 5.85. The summed E-state index contributed by atoms with van der Waals surface area (Å²) in [5.74, 6) is 0.484. The van der Waals surface area contributed by atoms with E-state index in [1.165, 1.54) is 6.07 Å². The molecule has 0 bridgehead atoms. The topological polar surface area (TPSA) is 0 Å². The summed E-state index contributed by atoms with van der Waals surface area (Å²) >= 11 is 0. The SMILES string of the molecule is CCc1ccc(C2CCC(C#Cc3cc(F)c4c(F)c(F)c(F)cc4c3)CC2)c(F)c1. The van der Waals surface area contributed by atoms with Gasteiger partial charge in [-0.25, -0.2) is 22.0 Å². The molecule has 0 spiro atoms. The molecule has 0 saturated heterocycles. The van der Waals surface area contributed by atoms with Gasteiger partial charge in [-0.1, -0.05) is 30.9 Å². The third kappa shape index (κ3) is 4.30. The summed E-state index contributed by atoms with van der Waals surface area (Å²) in [7, 11) is 0. The highest BCUT2D eigenvalue weighted by Gasteiger charge is 2.23. The lowest BCUT2D eigenvalue weighted by Gasteiger charge is -2.26. The van der Waals surface area contributed by atoms with E-state index in [9.17, 15) is 22.0 Å². The van der Waals surface area contributed by atoms with Crippen LogP contribution in [0.4, 0.5) is 22.0 Å². The van der Waals surface area contributed by atoms with Gasteiger partial charge in [-0.3, -0.25) is 0 Å². The van der Waals surface area contributed by atoms with E-state index < -0.39 is 28.7 Å². The molecule has 31 heavy (non-hydrogen) atoms. The van der Waals surface area contributed by atoms with Crippen LogP contribution >= 0.6 is 0 Å². The summed E-state index contributed by atoms with van der Waals surface area (Å²) in [4.78, 5) is 0. The predicted molar refractivity (Wildman–Crippen MR) is 111 cm³/mol. The van der Waals surface area contributed by atoms with E-state index in [0.717, 1.165) is 55.4 Å². The molecular weight excluding hydrogens is 407 g/mol. The van der Waals surface area contributed by atoms with Crippen LogP contribution < -0.4 is 0 Å². The fourth-order valence-electron chi connectivity index (χ4n) is 4.32. The van der Waals surface area contributed by atoms with Crippen LogP contribution in [0.25, 0.3) is 10.8 Å². The summed E-state index contributed by atoms with van der Waals surface area (Å²) in [6.07, 6.45) is 3.99. The van der Waals surface area contributed by atoms with Gasteiger partial charge in [0.1, 0.15) is 11.6 Å². The van der Waals surface area contributed by atoms with Crippen LogP contribution in [0, 0.1) is 46.8 Å². The Labute approximate surface area is 178 Å². The monoisotopic (exact) mass is 428 g/mol. The standard InChI is InChI=1S/C26H21F5/c1-2-15-7-10-20(21(27)12-15)18-8-5-16(6-9-18)3-4-17-11-19-14-23(29)25(30)26(31)24(19)22(28)13-17/h7,10-14,16,18H,2,5-6,8-9H2,1H3. The minimum atomic E-state index is -1.69. The molecule has 0 heterocycles. The maximum absolute atomic E-state index is 14.4. The molecule has 1 aliphatic carbocycles. The van der Waals surface area contributed by atoms with Gasteiger partial charge in [-0.15, -0.1) is 0 Å². The summed E-state index contributed by atoms with van der Waals surface area (Å²) < 4.78 is 69.4. The Balaban J connectivity index is 1.49. The van der Waals surface area contributed by atoms with Gasteiger partial charge >= 0.3 is 0 Å². The van der Waals surface area contributed by atoms with Gasteiger partial charge in [0.15, 0.2) is 17.5 Å². The van der Waals surface area contributed by atoms with Crippen LogP contribution in [0.1, 0.15) is 55.2 Å². The van der Waals surface area contributed by atoms with Gasteiger partial charge in [0, 0.05) is 11.5 Å². The first-order valence-electron chi connectivity index (χ1n) is 10.4. The summed E-state index contributed by atoms with van der Waals surface area (Å²) in [5, 5.41) is -0.656. The molecule has 0 radical (unpaired) electrons. The number of hydrogen-bond donors (Lipinski definition) is 0. The average Bonchev–Trinajstić information content (AvgIpc) is 2.76. The number of fused-ring (bicyclic) bond motifs is 1. The zero-order valence-electron chi connectivity index (χ0n) is 17.0. The Kier molecular flexibility index (Phi) is 6.00. The number of benzene rings is 3. The zero-order chi connectivity index (χ0) is 22.1. The highest BCUT2D eigenvalue weighted by atomic mass is 19.2. The molecule has 1 saturated carbocycles. The molecule has 0 atom stereocenters. The third-order valence-electron chi connectivity index (χ3n) is 6.09. The maximum Gasteiger partial charge on any atom is 0.195 e. The van der Waals surface area contributed by atoms with Crippen LogP contribution in [0.5, 0.6) is 0 Å². The highest BCUT2D eigenvalue weighted by Crippen LogP contribution is 2.37. The molecule has 3 aromatic carbocycles. The van der Waals surface area contributed by atoms with Crippen LogP contribution in [0.2, 0.25) is 0 Å². The average molecular weight is 428 g/mol. The van der Waals surface area contributed by atoms with Gasteiger partial charge in [0.25, 0.3) is 0 Å². The van der Waals surface area contributed by atoms with Gasteiger partial charge in [-0.2, -0.15) is 0 Å². The third-order valence-corrected chi connectivity index (χ3v) is 6.09. The minimum Gasteiger partial charge on any atom is -0.207 e. The summed E-state index contributed by atoms with van der Waals surface area (Å²) in [6.45, 7) is 1.99. The number of hydrogen-bond acceptors (Lipinski definition) is 0. The van der Waals surface area contributed by atoms with Crippen molar-refractivity contribution in [3.8, 4) is 11.8 Å². The normalized spacial score (nSPS) is 18.6. The number of rotatable bonds is 2. The van der Waals surface area contributed by atoms with E-state index in [1.54, 1.807) is 6.07 Å². The first kappa shape index (κ1) is 21.4. The Morgan fingerprint density at radius 1 is 0.806 bits per heavy atom. The second-order valence-electron chi connectivity index (χ2n) is 8.07. The molecule has 4 rings (SSSR count). The van der Waals surface area contributed by atoms with Gasteiger partial charge in [0.2, 0.25) is 0 Å². The van der Waals surface area contributed by atoms with E-state index >= 15 is 0 Å². The molecule has 0 aliphatic heterocycles. The fourth-order valence-corrected chi connectivity index (χ4v) is 4.32. The van der Waals surface area contributed by atoms with E-state index in [2.05, 4.69) is 11.8 Å². The van der Waals surface area contributed by atoms with E-state index in [4.69, 9.17) is 0 Å². The Hall–Kier alpha value is -2.87. The van der Waals surface area contributed by atoms with E-state index in [1.807, 2.05) is 19.1 Å². The van der Waals surface area contributed by atoms with Crippen molar-refractivity contribution in [1.29, 1.82) is 0 Å². The van der Waals surface area contributed by atoms with Gasteiger partial charge in [-0.05, 0) is 78.8 Å². The van der Waals surface area contributed by atoms with Crippen molar-refractivity contribution in [2.24, 2.45) is 5.92 Å². The van der Waals surface area contributed by atoms with Crippen LogP contribution in [0.15, 0.2) is 36.4 Å². The molecule has 160 valence electrons. The summed E-state index contributed by atoms with van der Waals surface area (Å²) in [6, 6.07) is 8.61.